The average Bonchev–Trinajstić information content (AvgIpc) is 2.55. The number of halogens is 1. The fourth-order valence-corrected chi connectivity index (χ4v) is 6.33. The van der Waals surface area contributed by atoms with Crippen LogP contribution in [-0.4, -0.2) is 7.38 Å². The van der Waals surface area contributed by atoms with Gasteiger partial charge >= 0.3 is 0 Å². The van der Waals surface area contributed by atoms with Crippen LogP contribution in [-0.2, 0) is 0 Å². The number of rotatable bonds is 1. The summed E-state index contributed by atoms with van der Waals surface area (Å²) in [6, 6.07) is 0. The van der Waals surface area contributed by atoms with E-state index in [4.69, 9.17) is 11.1 Å². The van der Waals surface area contributed by atoms with Crippen LogP contribution in [0.15, 0.2) is 12.2 Å². The first-order valence-corrected chi connectivity index (χ1v) is 10.4. The van der Waals surface area contributed by atoms with Gasteiger partial charge in [-0.1, -0.05) is 45.5 Å². The number of hydrogen-bond donors (Lipinski definition) is 0. The summed E-state index contributed by atoms with van der Waals surface area (Å²) in [7, 11) is -1.52. The third kappa shape index (κ3) is 2.05. The van der Waals surface area contributed by atoms with Crippen LogP contribution in [0.25, 0.3) is 0 Å². The highest BCUT2D eigenvalue weighted by Gasteiger charge is 2.46. The monoisotopic (exact) mass is 242 g/mol. The Morgan fingerprint density at radius 3 is 2.27 bits per heavy atom. The molecule has 0 aromatic rings. The van der Waals surface area contributed by atoms with Crippen molar-refractivity contribution in [2.24, 2.45) is 23.7 Å². The number of fused-ring (bicyclic) bond motifs is 1. The highest BCUT2D eigenvalue weighted by molar-refractivity contribution is 7.20. The minimum atomic E-state index is -1.52. The van der Waals surface area contributed by atoms with Crippen molar-refractivity contribution in [2.45, 2.75) is 45.3 Å². The Kier molecular flexibility index (Phi) is 3.07. The molecular formula is C13H23ClSi. The van der Waals surface area contributed by atoms with E-state index in [-0.39, 0.29) is 0 Å². The maximum absolute atomic E-state index is 6.66. The molecule has 0 amide bonds. The van der Waals surface area contributed by atoms with Gasteiger partial charge in [-0.3, -0.25) is 0 Å². The van der Waals surface area contributed by atoms with Crippen LogP contribution < -0.4 is 0 Å². The van der Waals surface area contributed by atoms with Gasteiger partial charge in [0.2, 0.25) is 0 Å². The zero-order valence-electron chi connectivity index (χ0n) is 10.3. The van der Waals surface area contributed by atoms with Gasteiger partial charge in [0.1, 0.15) is 0 Å². The summed E-state index contributed by atoms with van der Waals surface area (Å²) in [6.07, 6.45) is 7.74. The molecule has 5 atom stereocenters. The molecule has 1 saturated carbocycles. The van der Waals surface area contributed by atoms with Crippen molar-refractivity contribution < 1.29 is 0 Å². The topological polar surface area (TPSA) is 0 Å². The second kappa shape index (κ2) is 3.92. The standard InChI is InChI=1S/C13H23ClSi/c1-9-5-6-10(2)13-11(9)7-8-12(13)15(3,4)14/h7-13H,5-6H2,1-4H3. The van der Waals surface area contributed by atoms with E-state index in [1.807, 2.05) is 0 Å². The molecule has 0 N–H and O–H groups in total. The number of allylic oxidation sites excluding steroid dienone is 2. The molecule has 2 rings (SSSR count). The predicted octanol–water partition coefficient (Wildman–Crippen LogP) is 4.67. The molecule has 2 aliphatic carbocycles. The van der Waals surface area contributed by atoms with E-state index in [2.05, 4.69) is 39.1 Å². The van der Waals surface area contributed by atoms with E-state index in [0.717, 1.165) is 23.7 Å². The lowest BCUT2D eigenvalue weighted by atomic mass is 9.69. The Bertz CT molecular complexity index is 266. The van der Waals surface area contributed by atoms with E-state index >= 15 is 0 Å². The molecule has 15 heavy (non-hydrogen) atoms. The Balaban J connectivity index is 2.22. The van der Waals surface area contributed by atoms with E-state index < -0.39 is 7.38 Å². The van der Waals surface area contributed by atoms with Gasteiger partial charge in [-0.15, -0.1) is 0 Å². The Morgan fingerprint density at radius 2 is 1.67 bits per heavy atom. The van der Waals surface area contributed by atoms with Gasteiger partial charge in [-0.05, 0) is 35.6 Å². The third-order valence-corrected chi connectivity index (χ3v) is 7.50. The van der Waals surface area contributed by atoms with E-state index in [0.29, 0.717) is 5.54 Å². The largest absolute Gasteiger partial charge is 0.167 e. The molecule has 0 aliphatic heterocycles. The van der Waals surface area contributed by atoms with Crippen LogP contribution in [0, 0.1) is 23.7 Å². The summed E-state index contributed by atoms with van der Waals surface area (Å²) < 4.78 is 0. The molecule has 0 saturated heterocycles. The zero-order valence-corrected chi connectivity index (χ0v) is 12.1. The van der Waals surface area contributed by atoms with E-state index in [9.17, 15) is 0 Å². The molecule has 5 unspecified atom stereocenters. The minimum absolute atomic E-state index is 0.710. The summed E-state index contributed by atoms with van der Waals surface area (Å²) in [4.78, 5) is 0. The predicted molar refractivity (Wildman–Crippen MR) is 70.8 cm³/mol. The third-order valence-electron chi connectivity index (χ3n) is 4.58. The lowest BCUT2D eigenvalue weighted by Gasteiger charge is -2.41. The van der Waals surface area contributed by atoms with Crippen molar-refractivity contribution in [2.75, 3.05) is 0 Å². The van der Waals surface area contributed by atoms with E-state index in [1.165, 1.54) is 12.8 Å². The molecule has 0 spiro atoms. The van der Waals surface area contributed by atoms with Crippen LogP contribution in [0.1, 0.15) is 26.7 Å². The molecule has 0 bridgehead atoms. The van der Waals surface area contributed by atoms with Crippen LogP contribution in [0.4, 0.5) is 0 Å². The molecule has 0 aromatic carbocycles. The molecule has 1 fully saturated rings. The fraction of sp³-hybridized carbons (Fsp3) is 0.846. The Hall–Kier alpha value is 0.247. The first-order chi connectivity index (χ1) is 6.91. The molecule has 0 radical (unpaired) electrons. The molecule has 86 valence electrons. The Labute approximate surface area is 99.8 Å². The van der Waals surface area contributed by atoms with Crippen LogP contribution in [0.2, 0.25) is 18.6 Å². The summed E-state index contributed by atoms with van der Waals surface area (Å²) in [6.45, 7) is 9.45. The first kappa shape index (κ1) is 11.7. The normalized spacial score (nSPS) is 45.5. The lowest BCUT2D eigenvalue weighted by molar-refractivity contribution is 0.157. The minimum Gasteiger partial charge on any atom is -0.167 e. The van der Waals surface area contributed by atoms with Crippen molar-refractivity contribution in [3.8, 4) is 0 Å². The average molecular weight is 243 g/mol. The summed E-state index contributed by atoms with van der Waals surface area (Å²) in [5.74, 6) is 3.43. The van der Waals surface area contributed by atoms with Gasteiger partial charge in [-0.25, -0.2) is 0 Å². The molecule has 0 heterocycles. The zero-order chi connectivity index (χ0) is 11.2. The van der Waals surface area contributed by atoms with Crippen molar-refractivity contribution in [1.29, 1.82) is 0 Å². The van der Waals surface area contributed by atoms with Crippen molar-refractivity contribution >= 4 is 18.5 Å². The van der Waals surface area contributed by atoms with Gasteiger partial charge in [0.05, 0.1) is 0 Å². The van der Waals surface area contributed by atoms with Crippen molar-refractivity contribution in [3.05, 3.63) is 12.2 Å². The SMILES string of the molecule is CC1CCC(C)C2C1C=CC2[Si](C)(C)Cl. The fourth-order valence-electron chi connectivity index (χ4n) is 3.64. The highest BCUT2D eigenvalue weighted by atomic mass is 35.6. The molecule has 0 aromatic heterocycles. The summed E-state index contributed by atoms with van der Waals surface area (Å²) in [5, 5.41) is 0. The van der Waals surface area contributed by atoms with Crippen LogP contribution in [0.5, 0.6) is 0 Å². The van der Waals surface area contributed by atoms with Gasteiger partial charge in [0.25, 0.3) is 0 Å². The highest BCUT2D eigenvalue weighted by Crippen LogP contribution is 2.53. The van der Waals surface area contributed by atoms with Gasteiger partial charge in [0.15, 0.2) is 7.38 Å². The van der Waals surface area contributed by atoms with Gasteiger partial charge in [0, 0.05) is 0 Å². The first-order valence-electron chi connectivity index (χ1n) is 6.28. The van der Waals surface area contributed by atoms with Gasteiger partial charge in [-0.2, -0.15) is 11.1 Å². The second-order valence-corrected chi connectivity index (χ2v) is 12.9. The van der Waals surface area contributed by atoms with Crippen molar-refractivity contribution in [3.63, 3.8) is 0 Å². The maximum atomic E-state index is 6.66. The molecular weight excluding hydrogens is 220 g/mol. The molecule has 0 nitrogen and oxygen atoms in total. The van der Waals surface area contributed by atoms with Crippen molar-refractivity contribution in [1.82, 2.24) is 0 Å². The summed E-state index contributed by atoms with van der Waals surface area (Å²) in [5.41, 5.74) is 0.710. The number of hydrogen-bond acceptors (Lipinski definition) is 0. The second-order valence-electron chi connectivity index (χ2n) is 6.16. The summed E-state index contributed by atoms with van der Waals surface area (Å²) >= 11 is 6.66. The lowest BCUT2D eigenvalue weighted by Crippen LogP contribution is -2.37. The van der Waals surface area contributed by atoms with Crippen LogP contribution in [0.3, 0.4) is 0 Å². The smallest absolute Gasteiger partial charge is 0.157 e. The molecule has 2 aliphatic rings. The molecule has 2 heteroatoms. The van der Waals surface area contributed by atoms with Crippen LogP contribution >= 0.6 is 11.1 Å². The van der Waals surface area contributed by atoms with Gasteiger partial charge < -0.3 is 0 Å². The van der Waals surface area contributed by atoms with E-state index in [1.54, 1.807) is 0 Å². The maximum Gasteiger partial charge on any atom is 0.157 e. The Morgan fingerprint density at radius 1 is 1.07 bits per heavy atom. The quantitative estimate of drug-likeness (QED) is 0.356.